The van der Waals surface area contributed by atoms with Crippen LogP contribution in [-0.2, 0) is 25.5 Å². The summed E-state index contributed by atoms with van der Waals surface area (Å²) in [5.74, 6) is -0.903. The Morgan fingerprint density at radius 3 is 2.22 bits per heavy atom. The summed E-state index contributed by atoms with van der Waals surface area (Å²) >= 11 is 0. The van der Waals surface area contributed by atoms with Gasteiger partial charge in [0.25, 0.3) is 0 Å². The number of nitrogens with zero attached hydrogens (tertiary/aromatic N) is 1. The molecule has 5 heteroatoms. The third-order valence-corrected chi connectivity index (χ3v) is 5.67. The van der Waals surface area contributed by atoms with Crippen LogP contribution >= 0.6 is 0 Å². The lowest BCUT2D eigenvalue weighted by molar-refractivity contribution is -0.164. The van der Waals surface area contributed by atoms with Gasteiger partial charge in [0.05, 0.1) is 13.0 Å². The number of hydrogen-bond acceptors (Lipinski definition) is 5. The molecule has 1 saturated heterocycles. The zero-order valence-corrected chi connectivity index (χ0v) is 20.2. The first-order valence-electron chi connectivity index (χ1n) is 11.4. The van der Waals surface area contributed by atoms with E-state index in [0.717, 1.165) is 0 Å². The first-order valence-corrected chi connectivity index (χ1v) is 11.4. The molecule has 0 N–H and O–H groups in total. The Bertz CT molecular complexity index is 860. The summed E-state index contributed by atoms with van der Waals surface area (Å²) in [7, 11) is 0. The third kappa shape index (κ3) is 6.89. The van der Waals surface area contributed by atoms with Crippen molar-refractivity contribution in [3.05, 3.63) is 71.8 Å². The van der Waals surface area contributed by atoms with Gasteiger partial charge in [-0.1, -0.05) is 60.7 Å². The Hall–Kier alpha value is -2.21. The summed E-state index contributed by atoms with van der Waals surface area (Å²) in [4.78, 5) is 15.3. The van der Waals surface area contributed by atoms with E-state index in [0.29, 0.717) is 13.2 Å². The summed E-state index contributed by atoms with van der Waals surface area (Å²) in [6.45, 7) is 12.8. The Kier molecular flexibility index (Phi) is 7.75. The molecule has 3 atom stereocenters. The van der Waals surface area contributed by atoms with Crippen LogP contribution in [0.2, 0.25) is 0 Å². The number of hydrogen-bond donors (Lipinski definition) is 0. The first kappa shape index (κ1) is 24.4. The predicted octanol–water partition coefficient (Wildman–Crippen LogP) is 5.50. The van der Waals surface area contributed by atoms with Crippen LogP contribution in [0.3, 0.4) is 0 Å². The van der Waals surface area contributed by atoms with Gasteiger partial charge in [0.15, 0.2) is 5.79 Å². The average Bonchev–Trinajstić information content (AvgIpc) is 3.09. The second-order valence-corrected chi connectivity index (χ2v) is 9.97. The number of ether oxygens (including phenoxy) is 3. The van der Waals surface area contributed by atoms with Crippen molar-refractivity contribution in [2.24, 2.45) is 0 Å². The van der Waals surface area contributed by atoms with Crippen molar-refractivity contribution < 1.29 is 19.0 Å². The summed E-state index contributed by atoms with van der Waals surface area (Å²) in [5.41, 5.74) is 1.84. The van der Waals surface area contributed by atoms with Crippen molar-refractivity contribution in [2.45, 2.75) is 84.1 Å². The number of rotatable bonds is 8. The van der Waals surface area contributed by atoms with Crippen molar-refractivity contribution in [1.29, 1.82) is 0 Å². The van der Waals surface area contributed by atoms with E-state index in [-0.39, 0.29) is 30.6 Å². The van der Waals surface area contributed by atoms with Gasteiger partial charge in [-0.25, -0.2) is 0 Å². The molecule has 2 aromatic carbocycles. The number of carbonyl (C=O) groups is 1. The van der Waals surface area contributed by atoms with Gasteiger partial charge < -0.3 is 14.2 Å². The van der Waals surface area contributed by atoms with E-state index in [4.69, 9.17) is 14.2 Å². The molecular formula is C27H37NO4. The molecule has 32 heavy (non-hydrogen) atoms. The van der Waals surface area contributed by atoms with Gasteiger partial charge in [-0.15, -0.1) is 0 Å². The molecular weight excluding hydrogens is 402 g/mol. The highest BCUT2D eigenvalue weighted by Crippen LogP contribution is 2.33. The molecule has 1 aliphatic heterocycles. The molecule has 3 rings (SSSR count). The highest BCUT2D eigenvalue weighted by atomic mass is 16.7. The molecule has 0 unspecified atom stereocenters. The molecule has 0 aromatic heterocycles. The maximum Gasteiger partial charge on any atom is 0.308 e. The number of benzene rings is 2. The molecule has 1 aliphatic rings. The van der Waals surface area contributed by atoms with Crippen LogP contribution in [0.15, 0.2) is 60.7 Å². The van der Waals surface area contributed by atoms with Crippen LogP contribution in [0.1, 0.15) is 65.1 Å². The highest BCUT2D eigenvalue weighted by molar-refractivity contribution is 5.70. The lowest BCUT2D eigenvalue weighted by atomic mass is 9.98. The molecule has 0 amide bonds. The van der Waals surface area contributed by atoms with E-state index in [2.05, 4.69) is 36.1 Å². The standard InChI is InChI=1S/C27H37NO4/c1-20(22-15-11-8-12-16-22)28(18-21-13-9-7-10-14-21)23(17-25(29)32-26(2,3)4)24-19-30-27(5,6)31-24/h7-16,20,23-24H,17-19H2,1-6H3/t20-,23+,24-/m1/s1. The zero-order valence-electron chi connectivity index (χ0n) is 20.2. The molecule has 0 bridgehead atoms. The average molecular weight is 440 g/mol. The minimum Gasteiger partial charge on any atom is -0.460 e. The van der Waals surface area contributed by atoms with Crippen molar-refractivity contribution in [3.8, 4) is 0 Å². The van der Waals surface area contributed by atoms with Crippen LogP contribution in [0.4, 0.5) is 0 Å². The van der Waals surface area contributed by atoms with Gasteiger partial charge in [-0.05, 0) is 52.7 Å². The third-order valence-electron chi connectivity index (χ3n) is 5.67. The summed E-state index contributed by atoms with van der Waals surface area (Å²) < 4.78 is 17.9. The van der Waals surface area contributed by atoms with Crippen LogP contribution in [-0.4, -0.2) is 41.0 Å². The van der Waals surface area contributed by atoms with Gasteiger partial charge in [0, 0.05) is 18.6 Å². The number of carbonyl (C=O) groups excluding carboxylic acids is 1. The maximum absolute atomic E-state index is 13.0. The van der Waals surface area contributed by atoms with Crippen molar-refractivity contribution in [1.82, 2.24) is 4.90 Å². The van der Waals surface area contributed by atoms with E-state index in [1.807, 2.05) is 71.0 Å². The highest BCUT2D eigenvalue weighted by Gasteiger charge is 2.42. The van der Waals surface area contributed by atoms with Crippen molar-refractivity contribution in [2.75, 3.05) is 6.61 Å². The Morgan fingerprint density at radius 2 is 1.69 bits per heavy atom. The second-order valence-electron chi connectivity index (χ2n) is 9.97. The molecule has 1 fully saturated rings. The smallest absolute Gasteiger partial charge is 0.308 e. The molecule has 0 radical (unpaired) electrons. The Morgan fingerprint density at radius 1 is 1.09 bits per heavy atom. The SMILES string of the molecule is C[C@H](c1ccccc1)N(Cc1ccccc1)[C@@H](CC(=O)OC(C)(C)C)[C@H]1COC(C)(C)O1. The summed E-state index contributed by atoms with van der Waals surface area (Å²) in [6.07, 6.45) is -0.0156. The van der Waals surface area contributed by atoms with E-state index in [1.54, 1.807) is 0 Å². The molecule has 0 spiro atoms. The quantitative estimate of drug-likeness (QED) is 0.508. The monoisotopic (exact) mass is 439 g/mol. The predicted molar refractivity (Wildman–Crippen MR) is 126 cm³/mol. The molecule has 1 heterocycles. The summed E-state index contributed by atoms with van der Waals surface area (Å²) in [6, 6.07) is 20.6. The lowest BCUT2D eigenvalue weighted by Gasteiger charge is -2.39. The molecule has 0 aliphatic carbocycles. The van der Waals surface area contributed by atoms with E-state index in [1.165, 1.54) is 11.1 Å². The second kappa shape index (κ2) is 10.2. The van der Waals surface area contributed by atoms with Gasteiger partial charge in [0.1, 0.15) is 11.7 Å². The van der Waals surface area contributed by atoms with E-state index in [9.17, 15) is 4.79 Å². The first-order chi connectivity index (χ1) is 15.0. The molecule has 5 nitrogen and oxygen atoms in total. The minimum atomic E-state index is -0.675. The Labute approximate surface area is 192 Å². The molecule has 0 saturated carbocycles. The molecule has 174 valence electrons. The largest absolute Gasteiger partial charge is 0.460 e. The van der Waals surface area contributed by atoms with Crippen LogP contribution in [0, 0.1) is 0 Å². The fourth-order valence-corrected chi connectivity index (χ4v) is 4.18. The van der Waals surface area contributed by atoms with Crippen LogP contribution in [0.5, 0.6) is 0 Å². The van der Waals surface area contributed by atoms with Crippen molar-refractivity contribution >= 4 is 5.97 Å². The lowest BCUT2D eigenvalue weighted by Crippen LogP contribution is -2.48. The molecule has 2 aromatic rings. The van der Waals surface area contributed by atoms with Gasteiger partial charge in [0.2, 0.25) is 0 Å². The maximum atomic E-state index is 13.0. The zero-order chi connectivity index (χ0) is 23.4. The fraction of sp³-hybridized carbons (Fsp3) is 0.519. The topological polar surface area (TPSA) is 48.0 Å². The fourth-order valence-electron chi connectivity index (χ4n) is 4.18. The van der Waals surface area contributed by atoms with Gasteiger partial charge in [-0.3, -0.25) is 9.69 Å². The normalized spacial score (nSPS) is 20.2. The van der Waals surface area contributed by atoms with Gasteiger partial charge >= 0.3 is 5.97 Å². The van der Waals surface area contributed by atoms with Crippen LogP contribution in [0.25, 0.3) is 0 Å². The van der Waals surface area contributed by atoms with Crippen molar-refractivity contribution in [3.63, 3.8) is 0 Å². The van der Waals surface area contributed by atoms with E-state index < -0.39 is 11.4 Å². The van der Waals surface area contributed by atoms with Gasteiger partial charge in [-0.2, -0.15) is 0 Å². The Balaban J connectivity index is 1.95. The van der Waals surface area contributed by atoms with Crippen LogP contribution < -0.4 is 0 Å². The minimum absolute atomic E-state index is 0.0659. The summed E-state index contributed by atoms with van der Waals surface area (Å²) in [5, 5.41) is 0. The number of esters is 1. The van der Waals surface area contributed by atoms with E-state index >= 15 is 0 Å².